The lowest BCUT2D eigenvalue weighted by molar-refractivity contribution is 0.598. The van der Waals surface area contributed by atoms with E-state index in [1.807, 2.05) is 0 Å². The monoisotopic (exact) mass is 1460 g/mol. The summed E-state index contributed by atoms with van der Waals surface area (Å²) >= 11 is 0. The average Bonchev–Trinajstić information content (AvgIpc) is 1.51. The van der Waals surface area contributed by atoms with Crippen molar-refractivity contribution in [3.8, 4) is 89.0 Å². The van der Waals surface area contributed by atoms with E-state index in [1.54, 1.807) is 5.56 Å². The van der Waals surface area contributed by atoms with Crippen LogP contribution in [-0.4, -0.2) is 0 Å². The maximum Gasteiger partial charge on any atom is 0.0714 e. The highest BCUT2D eigenvalue weighted by molar-refractivity contribution is 6.09. The Morgan fingerprint density at radius 2 is 0.614 bits per heavy atom. The van der Waals surface area contributed by atoms with Crippen molar-refractivity contribution < 1.29 is 0 Å². The van der Waals surface area contributed by atoms with Gasteiger partial charge in [0.2, 0.25) is 0 Å². The van der Waals surface area contributed by atoms with Crippen LogP contribution < -0.4 is 4.90 Å². The number of allylic oxidation sites excluding steroid dienone is 4. The van der Waals surface area contributed by atoms with Gasteiger partial charge in [0.1, 0.15) is 0 Å². The number of anilines is 3. The van der Waals surface area contributed by atoms with Gasteiger partial charge in [0.05, 0.1) is 10.8 Å². The molecule has 10 aliphatic rings. The van der Waals surface area contributed by atoms with Crippen LogP contribution >= 0.6 is 0 Å². The van der Waals surface area contributed by atoms with E-state index >= 15 is 0 Å². The third-order valence-corrected chi connectivity index (χ3v) is 29.8. The molecule has 15 aromatic rings. The first-order chi connectivity index (χ1) is 55.6. The fourth-order valence-electron chi connectivity index (χ4n) is 25.3. The van der Waals surface area contributed by atoms with Crippen LogP contribution in [0.15, 0.2) is 315 Å². The molecule has 0 saturated heterocycles. The molecule has 0 atom stereocenters. The van der Waals surface area contributed by atoms with E-state index in [4.69, 9.17) is 0 Å². The minimum Gasteiger partial charge on any atom is -0.310 e. The predicted molar refractivity (Wildman–Crippen MR) is 471 cm³/mol. The molecule has 0 N–H and O–H groups in total. The predicted octanol–water partition coefficient (Wildman–Crippen LogP) is 27.9. The van der Waals surface area contributed by atoms with E-state index in [0.717, 1.165) is 49.2 Å². The zero-order chi connectivity index (χ0) is 76.0. The minimum absolute atomic E-state index is 0.176. The summed E-state index contributed by atoms with van der Waals surface area (Å²) in [5.41, 5.74) is 56.6. The maximum absolute atomic E-state index is 2.71. The number of fused-ring (bicyclic) bond motifs is 34. The van der Waals surface area contributed by atoms with Crippen molar-refractivity contribution in [3.63, 3.8) is 0 Å². The van der Waals surface area contributed by atoms with Gasteiger partial charge in [0.15, 0.2) is 0 Å². The summed E-state index contributed by atoms with van der Waals surface area (Å²) in [5, 5.41) is 0. The molecule has 0 radical (unpaired) electrons. The van der Waals surface area contributed by atoms with Gasteiger partial charge in [-0.05, 0) is 303 Å². The van der Waals surface area contributed by atoms with E-state index in [0.29, 0.717) is 0 Å². The standard InChI is InChI=1S/C113H85N/c1-108(2)88-47-29-27-45-80(88)99-86-58-66-32-23-26-44-78(66)98(86)103-83-55-52-74(61-92(83)111(7,8)107(103)104(99)108)114(73-51-54-82-91(60-73)110(5,6)105-100(82)87-59-67-33-22-25-43-77(67)97(87)102-81-46-28-30-48-89(81)109(3,4)106(102)105)75-50-53-79-84-63-95-85(64-94(84)113(93(79)62-75,71-38-17-11-18-39-71)72-40-19-12-20-41-72)101-90(56-49-68-57-65-31-21-24-42-76(65)96(68)101)112(95,69-34-13-9-14-35-69)70-36-15-10-16-37-70/h9-26,28,30-56,60-64H,27,29,57-59H2,1-8H3. The highest BCUT2D eigenvalue weighted by Crippen LogP contribution is 2.70. The van der Waals surface area contributed by atoms with E-state index in [1.165, 1.54) is 217 Å². The van der Waals surface area contributed by atoms with Crippen molar-refractivity contribution in [1.29, 1.82) is 0 Å². The lowest BCUT2D eigenvalue weighted by atomic mass is 9.66. The molecule has 1 nitrogen and oxygen atoms in total. The summed E-state index contributed by atoms with van der Waals surface area (Å²) in [6, 6.07) is 117. The quantitative estimate of drug-likeness (QED) is 0.154. The number of hydrogen-bond donors (Lipinski definition) is 0. The molecule has 114 heavy (non-hydrogen) atoms. The van der Waals surface area contributed by atoms with Gasteiger partial charge >= 0.3 is 0 Å². The van der Waals surface area contributed by atoms with Crippen LogP contribution in [0.3, 0.4) is 0 Å². The Kier molecular flexibility index (Phi) is 12.7. The van der Waals surface area contributed by atoms with Crippen molar-refractivity contribution in [2.75, 3.05) is 4.90 Å². The fraction of sp³-hybridized carbons (Fsp3) is 0.168. The molecule has 10 aliphatic carbocycles. The SMILES string of the molecule is CC1(C)C2=CCCC=C2c2c3c(c4c(c21)C(C)(C)c1cc(N(c2ccc5c(c2)C(C)(C)c2c-5c5c(c6c2C(C)(C)c2ccccc2-6)-c2ccccc2C5)c2ccc5c(c2)C(c2ccccc2)(c2ccccc2)c2cc6c(cc2-5)C(c2ccccc2)(c2ccccc2)c2ccc5c(c2-6)-c2ccccc2C5)ccc1-4)-c1ccccc1C3. The van der Waals surface area contributed by atoms with Gasteiger partial charge in [-0.3, -0.25) is 0 Å². The molecule has 1 heteroatoms. The van der Waals surface area contributed by atoms with Crippen LogP contribution in [-0.2, 0) is 51.8 Å². The van der Waals surface area contributed by atoms with E-state index in [2.05, 4.69) is 370 Å². The van der Waals surface area contributed by atoms with E-state index in [-0.39, 0.29) is 21.7 Å². The summed E-state index contributed by atoms with van der Waals surface area (Å²) in [6.45, 7) is 20.3. The molecular formula is C113H85N. The van der Waals surface area contributed by atoms with Crippen molar-refractivity contribution in [2.45, 2.75) is 120 Å². The molecule has 0 unspecified atom stereocenters. The first-order valence-electron chi connectivity index (χ1n) is 41.7. The van der Waals surface area contributed by atoms with E-state index < -0.39 is 10.8 Å². The molecule has 542 valence electrons. The Morgan fingerprint density at radius 3 is 1.17 bits per heavy atom. The zero-order valence-electron chi connectivity index (χ0n) is 65.9. The third-order valence-electron chi connectivity index (χ3n) is 29.8. The van der Waals surface area contributed by atoms with Crippen LogP contribution in [0.2, 0.25) is 0 Å². The zero-order valence-corrected chi connectivity index (χ0v) is 65.9. The molecule has 0 fully saturated rings. The number of rotatable bonds is 7. The molecule has 0 aliphatic heterocycles. The molecule has 0 spiro atoms. The Hall–Kier alpha value is -12.4. The first kappa shape index (κ1) is 65.2. The third kappa shape index (κ3) is 7.87. The van der Waals surface area contributed by atoms with Gasteiger partial charge in [-0.1, -0.05) is 316 Å². The summed E-state index contributed by atoms with van der Waals surface area (Å²) in [6.07, 6.45) is 10.1. The van der Waals surface area contributed by atoms with Crippen LogP contribution in [0.1, 0.15) is 191 Å². The van der Waals surface area contributed by atoms with Crippen molar-refractivity contribution in [1.82, 2.24) is 0 Å². The van der Waals surface area contributed by atoms with Gasteiger partial charge in [-0.15, -0.1) is 0 Å². The van der Waals surface area contributed by atoms with Crippen LogP contribution in [0, 0.1) is 0 Å². The maximum atomic E-state index is 2.71. The smallest absolute Gasteiger partial charge is 0.0714 e. The highest BCUT2D eigenvalue weighted by atomic mass is 15.1. The van der Waals surface area contributed by atoms with Gasteiger partial charge in [0, 0.05) is 38.7 Å². The van der Waals surface area contributed by atoms with Gasteiger partial charge in [-0.25, -0.2) is 0 Å². The Morgan fingerprint density at radius 1 is 0.228 bits per heavy atom. The lowest BCUT2D eigenvalue weighted by Crippen LogP contribution is -2.30. The summed E-state index contributed by atoms with van der Waals surface area (Å²) in [5.74, 6) is 0. The largest absolute Gasteiger partial charge is 0.310 e. The molecule has 0 aromatic heterocycles. The summed E-state index contributed by atoms with van der Waals surface area (Å²) < 4.78 is 0. The van der Waals surface area contributed by atoms with Crippen molar-refractivity contribution >= 4 is 22.6 Å². The Labute approximate surface area is 669 Å². The summed E-state index contributed by atoms with van der Waals surface area (Å²) in [4.78, 5) is 2.69. The lowest BCUT2D eigenvalue weighted by Gasteiger charge is -2.36. The van der Waals surface area contributed by atoms with Crippen molar-refractivity contribution in [3.05, 3.63) is 437 Å². The number of benzene rings is 15. The van der Waals surface area contributed by atoms with Crippen LogP contribution in [0.25, 0.3) is 94.6 Å². The first-order valence-corrected chi connectivity index (χ1v) is 41.7. The van der Waals surface area contributed by atoms with Crippen LogP contribution in [0.5, 0.6) is 0 Å². The Bertz CT molecular complexity index is 6880. The minimum atomic E-state index is -0.775. The van der Waals surface area contributed by atoms with Crippen molar-refractivity contribution in [2.24, 2.45) is 0 Å². The molecule has 0 amide bonds. The van der Waals surface area contributed by atoms with Gasteiger partial charge < -0.3 is 4.90 Å². The highest BCUT2D eigenvalue weighted by Gasteiger charge is 2.56. The molecular weight excluding hydrogens is 1370 g/mol. The molecule has 0 heterocycles. The number of hydrogen-bond acceptors (Lipinski definition) is 1. The second kappa shape index (κ2) is 22.3. The topological polar surface area (TPSA) is 3.24 Å². The van der Waals surface area contributed by atoms with E-state index in [9.17, 15) is 0 Å². The number of nitrogens with zero attached hydrogens (tertiary/aromatic N) is 1. The van der Waals surface area contributed by atoms with Gasteiger partial charge in [-0.2, -0.15) is 0 Å². The van der Waals surface area contributed by atoms with Crippen LogP contribution in [0.4, 0.5) is 17.1 Å². The molecule has 15 aromatic carbocycles. The van der Waals surface area contributed by atoms with Gasteiger partial charge in [0.25, 0.3) is 0 Å². The molecule has 0 bridgehead atoms. The summed E-state index contributed by atoms with van der Waals surface area (Å²) in [7, 11) is 0. The fourth-order valence-corrected chi connectivity index (χ4v) is 25.3. The second-order valence-corrected chi connectivity index (χ2v) is 36.5. The average molecular weight is 1460 g/mol. The molecule has 25 rings (SSSR count). The Balaban J connectivity index is 0.763. The second-order valence-electron chi connectivity index (χ2n) is 36.5. The molecule has 0 saturated carbocycles. The normalized spacial score (nSPS) is 17.3.